The van der Waals surface area contributed by atoms with Gasteiger partial charge in [0.15, 0.2) is 6.20 Å². The van der Waals surface area contributed by atoms with Crippen molar-refractivity contribution in [1.29, 1.82) is 0 Å². The van der Waals surface area contributed by atoms with Gasteiger partial charge in [0.05, 0.1) is 6.17 Å². The van der Waals surface area contributed by atoms with Crippen LogP contribution in [0.5, 0.6) is 0 Å². The summed E-state index contributed by atoms with van der Waals surface area (Å²) in [5.74, 6) is 0. The topological polar surface area (TPSA) is 32.1 Å². The second kappa shape index (κ2) is 6.32. The molecule has 0 spiro atoms. The summed E-state index contributed by atoms with van der Waals surface area (Å²) >= 11 is 1.03. The summed E-state index contributed by atoms with van der Waals surface area (Å²) in [6, 6.07) is 1.92. The standard InChI is InChI=1S/C8H10N3.CH3.Hg/c1-2-5-9-8(4-1)11-7-3-6-10-11;;/h1-3,6-8H,4-5H2;1H3;/q-1;;+1. The van der Waals surface area contributed by atoms with E-state index in [1.165, 1.54) is 0 Å². The van der Waals surface area contributed by atoms with Crippen LogP contribution >= 0.6 is 0 Å². The van der Waals surface area contributed by atoms with Gasteiger partial charge in [-0.25, -0.2) is 0 Å². The van der Waals surface area contributed by atoms with Crippen molar-refractivity contribution >= 4 is 0 Å². The molecule has 0 saturated carbocycles. The zero-order valence-electron chi connectivity index (χ0n) is 7.93. The summed E-state index contributed by atoms with van der Waals surface area (Å²) in [6.45, 7) is 0.824. The predicted octanol–water partition coefficient (Wildman–Crippen LogP) is 1.34. The zero-order valence-corrected chi connectivity index (χ0v) is 13.4. The molecule has 0 aliphatic carbocycles. The Kier molecular flexibility index (Phi) is 5.31. The maximum absolute atomic E-state index is 4.39. The van der Waals surface area contributed by atoms with Crippen molar-refractivity contribution in [2.45, 2.75) is 17.0 Å². The molecular weight excluding hydrogens is 351 g/mol. The third-order valence-corrected chi connectivity index (χ3v) is 1.77. The quantitative estimate of drug-likeness (QED) is 0.421. The molecule has 66 valence electrons. The fourth-order valence-corrected chi connectivity index (χ4v) is 1.20. The van der Waals surface area contributed by atoms with Crippen molar-refractivity contribution in [3.63, 3.8) is 0 Å². The Morgan fingerprint density at radius 1 is 1.38 bits per heavy atom. The van der Waals surface area contributed by atoms with E-state index in [0.29, 0.717) is 0 Å². The Balaban J connectivity index is 0.000000396. The van der Waals surface area contributed by atoms with Crippen molar-refractivity contribution < 1.29 is 30.8 Å². The Hall–Kier alpha value is -0.155. The summed E-state index contributed by atoms with van der Waals surface area (Å²) in [7, 11) is 0. The van der Waals surface area contributed by atoms with Gasteiger partial charge in [-0.15, -0.1) is 18.8 Å². The van der Waals surface area contributed by atoms with E-state index >= 15 is 0 Å². The minimum atomic E-state index is 0.231. The van der Waals surface area contributed by atoms with Crippen LogP contribution in [0.3, 0.4) is 0 Å². The van der Waals surface area contributed by atoms with Crippen LogP contribution < -0.4 is 9.78 Å². The maximum atomic E-state index is 4.39. The normalized spacial score (nSPS) is 20.7. The fraction of sp³-hybridized carbons (Fsp3) is 0.444. The second-order valence-corrected chi connectivity index (χ2v) is 2.54. The van der Waals surface area contributed by atoms with Gasteiger partial charge in [0, 0.05) is 6.42 Å². The first-order valence-electron chi connectivity index (χ1n) is 4.48. The molecule has 0 amide bonds. The molecule has 0 fully saturated rings. The first kappa shape index (κ1) is 10.9. The van der Waals surface area contributed by atoms with Crippen LogP contribution in [0.4, 0.5) is 0 Å². The molecule has 1 aromatic rings. The molecule has 0 N–H and O–H groups in total. The molecule has 2 rings (SSSR count). The van der Waals surface area contributed by atoms with Crippen LogP contribution in [0, 0.1) is 0 Å². The van der Waals surface area contributed by atoms with Gasteiger partial charge in [-0.2, -0.15) is 0 Å². The van der Waals surface area contributed by atoms with Crippen LogP contribution in [-0.4, -0.2) is 6.54 Å². The average Bonchev–Trinajstić information content (AvgIpc) is 2.75. The van der Waals surface area contributed by atoms with Gasteiger partial charge < -0.3 is 10.4 Å². The zero-order chi connectivity index (χ0) is 9.52. The molecule has 1 aromatic heterocycles. The van der Waals surface area contributed by atoms with Crippen molar-refractivity contribution in [2.75, 3.05) is 6.54 Å². The molecule has 3 nitrogen and oxygen atoms in total. The predicted molar refractivity (Wildman–Crippen MR) is 46.8 cm³/mol. The number of nitrogens with zero attached hydrogens (tertiary/aromatic N) is 3. The molecule has 4 heteroatoms. The summed E-state index contributed by atoms with van der Waals surface area (Å²) in [5, 5.41) is 8.51. The Labute approximate surface area is 95.2 Å². The molecule has 0 aromatic carbocycles. The third kappa shape index (κ3) is 3.23. The van der Waals surface area contributed by atoms with Gasteiger partial charge in [0.25, 0.3) is 0 Å². The van der Waals surface area contributed by atoms with Gasteiger partial charge in [-0.3, -0.25) is 4.68 Å². The van der Waals surface area contributed by atoms with Crippen molar-refractivity contribution in [2.24, 2.45) is 0 Å². The molecule has 1 aliphatic rings. The van der Waals surface area contributed by atoms with Gasteiger partial charge in [0.1, 0.15) is 0 Å². The first-order chi connectivity index (χ1) is 6.47. The number of hydrogen-bond donors (Lipinski definition) is 0. The molecule has 0 bridgehead atoms. The van der Waals surface area contributed by atoms with E-state index in [-0.39, 0.29) is 6.17 Å². The summed E-state index contributed by atoms with van der Waals surface area (Å²) in [6.07, 6.45) is 9.18. The van der Waals surface area contributed by atoms with E-state index in [1.807, 2.05) is 16.9 Å². The minimum absolute atomic E-state index is 0.231. The molecule has 0 saturated heterocycles. The van der Waals surface area contributed by atoms with Crippen molar-refractivity contribution in [3.8, 4) is 0 Å². The van der Waals surface area contributed by atoms with Gasteiger partial charge in [-0.1, -0.05) is 6.08 Å². The van der Waals surface area contributed by atoms with Gasteiger partial charge in [-0.05, 0) is 6.07 Å². The Morgan fingerprint density at radius 2 is 2.23 bits per heavy atom. The van der Waals surface area contributed by atoms with Crippen LogP contribution in [0.25, 0.3) is 5.32 Å². The van der Waals surface area contributed by atoms with Crippen LogP contribution in [0.1, 0.15) is 12.6 Å². The van der Waals surface area contributed by atoms with Crippen molar-refractivity contribution in [3.05, 3.63) is 35.9 Å². The third-order valence-electron chi connectivity index (χ3n) is 1.77. The van der Waals surface area contributed by atoms with E-state index in [9.17, 15) is 0 Å². The number of aromatic nitrogens is 2. The Morgan fingerprint density at radius 3 is 2.77 bits per heavy atom. The summed E-state index contributed by atoms with van der Waals surface area (Å²) in [4.78, 5) is 0. The van der Waals surface area contributed by atoms with Gasteiger partial charge in [0.2, 0.25) is 0 Å². The van der Waals surface area contributed by atoms with Crippen LogP contribution in [0.2, 0.25) is 4.43 Å². The SMILES string of the molecule is C1=CCC([n+]2ccc[n-]2)[N-]C1.[CH3][Hg+]. The van der Waals surface area contributed by atoms with Gasteiger partial charge >= 0.3 is 30.6 Å². The van der Waals surface area contributed by atoms with E-state index < -0.39 is 0 Å². The number of rotatable bonds is 1. The molecular formula is C9H13HgN3. The van der Waals surface area contributed by atoms with E-state index in [2.05, 4.69) is 27.0 Å². The summed E-state index contributed by atoms with van der Waals surface area (Å²) < 4.78 is 4.09. The molecule has 13 heavy (non-hydrogen) atoms. The van der Waals surface area contributed by atoms with E-state index in [0.717, 1.165) is 39.1 Å². The monoisotopic (exact) mass is 365 g/mol. The molecule has 0 radical (unpaired) electrons. The Bertz CT molecular complexity index is 243. The first-order valence-corrected chi connectivity index (χ1v) is 9.98. The van der Waals surface area contributed by atoms with E-state index in [4.69, 9.17) is 0 Å². The van der Waals surface area contributed by atoms with Crippen molar-refractivity contribution in [1.82, 2.24) is 5.10 Å². The van der Waals surface area contributed by atoms with Crippen LogP contribution in [0.15, 0.2) is 30.6 Å². The average molecular weight is 364 g/mol. The summed E-state index contributed by atoms with van der Waals surface area (Å²) in [5.41, 5.74) is 0. The molecule has 1 atom stereocenters. The fourth-order valence-electron chi connectivity index (χ4n) is 1.20. The number of hydrogen-bond acceptors (Lipinski definition) is 0. The van der Waals surface area contributed by atoms with Crippen LogP contribution in [-0.2, 0) is 26.1 Å². The second-order valence-electron chi connectivity index (χ2n) is 2.54. The van der Waals surface area contributed by atoms with E-state index in [1.54, 1.807) is 6.20 Å². The molecule has 2 heterocycles. The molecule has 1 aliphatic heterocycles. The molecule has 1 unspecified atom stereocenters.